The number of amides is 6. The number of carbonyl (C=O) groups is 5. The molecule has 1 aromatic carbocycles. The van der Waals surface area contributed by atoms with Crippen molar-refractivity contribution >= 4 is 41.0 Å². The maximum absolute atomic E-state index is 13.1. The lowest BCUT2D eigenvalue weighted by molar-refractivity contribution is -0.143. The normalized spacial score (nSPS) is 19.1. The maximum Gasteiger partial charge on any atom is 0.334 e. The first-order valence-corrected chi connectivity index (χ1v) is 9.81. The molecule has 2 heterocycles. The summed E-state index contributed by atoms with van der Waals surface area (Å²) in [7, 11) is 0. The van der Waals surface area contributed by atoms with E-state index in [4.69, 9.17) is 4.74 Å². The summed E-state index contributed by atoms with van der Waals surface area (Å²) >= 11 is 0. The molecule has 10 nitrogen and oxygen atoms in total. The van der Waals surface area contributed by atoms with Crippen LogP contribution < -0.4 is 10.2 Å². The van der Waals surface area contributed by atoms with Gasteiger partial charge in [-0.2, -0.15) is 0 Å². The molecule has 6 amide bonds. The number of hydrogen-bond donors (Lipinski definition) is 1. The Balaban J connectivity index is 1.76. The zero-order valence-electron chi connectivity index (χ0n) is 16.9. The van der Waals surface area contributed by atoms with Gasteiger partial charge in [-0.05, 0) is 32.4 Å². The van der Waals surface area contributed by atoms with Crippen LogP contribution in [0.25, 0.3) is 0 Å². The molecule has 0 spiro atoms. The molecule has 0 saturated carbocycles. The van der Waals surface area contributed by atoms with Gasteiger partial charge in [-0.15, -0.1) is 0 Å². The Bertz CT molecular complexity index is 886. The second kappa shape index (κ2) is 9.04. The Morgan fingerprint density at radius 2 is 1.83 bits per heavy atom. The van der Waals surface area contributed by atoms with E-state index in [9.17, 15) is 24.0 Å². The van der Waals surface area contributed by atoms with Crippen LogP contribution in [-0.4, -0.2) is 71.8 Å². The first kappa shape index (κ1) is 21.4. The van der Waals surface area contributed by atoms with E-state index in [1.165, 1.54) is 4.90 Å². The Morgan fingerprint density at radius 3 is 2.57 bits per heavy atom. The average Bonchev–Trinajstić information content (AvgIpc) is 2.83. The number of nitrogens with zero attached hydrogens (tertiary/aromatic N) is 3. The van der Waals surface area contributed by atoms with Gasteiger partial charge in [-0.3, -0.25) is 24.1 Å². The first-order chi connectivity index (χ1) is 14.3. The van der Waals surface area contributed by atoms with Crippen molar-refractivity contribution in [3.8, 4) is 0 Å². The molecule has 1 saturated heterocycles. The van der Waals surface area contributed by atoms with Crippen molar-refractivity contribution in [2.75, 3.05) is 36.5 Å². The van der Waals surface area contributed by atoms with Crippen LogP contribution in [0.4, 0.5) is 16.2 Å². The van der Waals surface area contributed by atoms with E-state index >= 15 is 0 Å². The van der Waals surface area contributed by atoms with Gasteiger partial charge in [-0.1, -0.05) is 12.1 Å². The summed E-state index contributed by atoms with van der Waals surface area (Å²) in [4.78, 5) is 65.1. The summed E-state index contributed by atoms with van der Waals surface area (Å²) in [5.41, 5.74) is 0.938. The van der Waals surface area contributed by atoms with Crippen LogP contribution in [0.1, 0.15) is 26.7 Å². The highest BCUT2D eigenvalue weighted by Crippen LogP contribution is 2.31. The molecule has 1 atom stereocenters. The predicted molar refractivity (Wildman–Crippen MR) is 107 cm³/mol. The molecular formula is C20H24N4O6. The van der Waals surface area contributed by atoms with E-state index in [1.54, 1.807) is 31.2 Å². The number of imide groups is 2. The van der Waals surface area contributed by atoms with Crippen molar-refractivity contribution in [2.24, 2.45) is 0 Å². The SMILES string of the molecule is CCOCCCN1C(=O)C(=O)N(CC(=O)N2c3ccccc3NC(=O)C[C@H]2C)C1=O. The van der Waals surface area contributed by atoms with Gasteiger partial charge in [-0.25, -0.2) is 9.69 Å². The number of nitrogens with one attached hydrogen (secondary N) is 1. The van der Waals surface area contributed by atoms with Crippen LogP contribution in [-0.2, 0) is 23.9 Å². The van der Waals surface area contributed by atoms with Crippen LogP contribution in [0, 0.1) is 0 Å². The van der Waals surface area contributed by atoms with Crippen molar-refractivity contribution in [1.29, 1.82) is 0 Å². The molecule has 0 radical (unpaired) electrons. The molecule has 2 aliphatic rings. The Kier molecular flexibility index (Phi) is 6.46. The third kappa shape index (κ3) is 4.18. The Hall–Kier alpha value is -3.27. The first-order valence-electron chi connectivity index (χ1n) is 9.81. The minimum atomic E-state index is -1.03. The molecule has 0 unspecified atom stereocenters. The van der Waals surface area contributed by atoms with Crippen molar-refractivity contribution in [2.45, 2.75) is 32.7 Å². The van der Waals surface area contributed by atoms with E-state index in [0.717, 1.165) is 4.90 Å². The summed E-state index contributed by atoms with van der Waals surface area (Å²) in [6.45, 7) is 3.85. The summed E-state index contributed by atoms with van der Waals surface area (Å²) in [6, 6.07) is 5.48. The van der Waals surface area contributed by atoms with Gasteiger partial charge in [0.25, 0.3) is 0 Å². The molecule has 3 rings (SSSR count). The van der Waals surface area contributed by atoms with Gasteiger partial charge in [0.1, 0.15) is 6.54 Å². The molecule has 0 bridgehead atoms. The molecule has 1 N–H and O–H groups in total. The molecule has 30 heavy (non-hydrogen) atoms. The Labute approximate surface area is 173 Å². The molecule has 160 valence electrons. The van der Waals surface area contributed by atoms with Gasteiger partial charge in [0.2, 0.25) is 11.8 Å². The van der Waals surface area contributed by atoms with E-state index in [0.29, 0.717) is 35.9 Å². The summed E-state index contributed by atoms with van der Waals surface area (Å²) in [5, 5.41) is 2.74. The molecule has 0 aliphatic carbocycles. The fourth-order valence-corrected chi connectivity index (χ4v) is 3.54. The monoisotopic (exact) mass is 416 g/mol. The standard InChI is InChI=1S/C20H24N4O6/c1-3-30-10-6-9-22-18(27)19(28)23(20(22)29)12-17(26)24-13(2)11-16(25)21-14-7-4-5-8-15(14)24/h4-5,7-8,13H,3,6,9-12H2,1-2H3,(H,21,25)/t13-/m1/s1. The molecular weight excluding hydrogens is 392 g/mol. The highest BCUT2D eigenvalue weighted by Gasteiger charge is 2.45. The highest BCUT2D eigenvalue weighted by atomic mass is 16.5. The van der Waals surface area contributed by atoms with Crippen molar-refractivity contribution in [1.82, 2.24) is 9.80 Å². The largest absolute Gasteiger partial charge is 0.382 e. The number of benzene rings is 1. The van der Waals surface area contributed by atoms with Gasteiger partial charge in [0.05, 0.1) is 11.4 Å². The minimum Gasteiger partial charge on any atom is -0.382 e. The fraction of sp³-hybridized carbons (Fsp3) is 0.450. The lowest BCUT2D eigenvalue weighted by Crippen LogP contribution is -2.47. The predicted octanol–water partition coefficient (Wildman–Crippen LogP) is 0.968. The topological polar surface area (TPSA) is 116 Å². The quantitative estimate of drug-likeness (QED) is 0.402. The van der Waals surface area contributed by atoms with Gasteiger partial charge >= 0.3 is 17.8 Å². The zero-order valence-corrected chi connectivity index (χ0v) is 16.9. The number of hydrogen-bond acceptors (Lipinski definition) is 6. The molecule has 1 aromatic rings. The highest BCUT2D eigenvalue weighted by molar-refractivity contribution is 6.45. The number of ether oxygens (including phenoxy) is 1. The number of rotatable bonds is 7. The van der Waals surface area contributed by atoms with E-state index in [2.05, 4.69) is 5.32 Å². The summed E-state index contributed by atoms with van der Waals surface area (Å²) in [5.74, 6) is -2.79. The molecule has 0 aromatic heterocycles. The number of carbonyl (C=O) groups excluding carboxylic acids is 5. The lowest BCUT2D eigenvalue weighted by atomic mass is 10.1. The van der Waals surface area contributed by atoms with Gasteiger partial charge in [0, 0.05) is 32.2 Å². The summed E-state index contributed by atoms with van der Waals surface area (Å²) in [6.07, 6.45) is 0.454. The lowest BCUT2D eigenvalue weighted by Gasteiger charge is -2.29. The molecule has 2 aliphatic heterocycles. The van der Waals surface area contributed by atoms with E-state index in [-0.39, 0.29) is 18.9 Å². The Morgan fingerprint density at radius 1 is 1.13 bits per heavy atom. The number of urea groups is 1. The number of fused-ring (bicyclic) bond motifs is 1. The second-order valence-corrected chi connectivity index (χ2v) is 7.06. The van der Waals surface area contributed by atoms with Crippen LogP contribution in [0.3, 0.4) is 0 Å². The van der Waals surface area contributed by atoms with E-state index in [1.807, 2.05) is 6.92 Å². The van der Waals surface area contributed by atoms with Crippen LogP contribution in [0.2, 0.25) is 0 Å². The van der Waals surface area contributed by atoms with Crippen molar-refractivity contribution in [3.63, 3.8) is 0 Å². The number of anilines is 2. The van der Waals surface area contributed by atoms with Crippen molar-refractivity contribution < 1.29 is 28.7 Å². The van der Waals surface area contributed by atoms with Crippen LogP contribution >= 0.6 is 0 Å². The van der Waals surface area contributed by atoms with Crippen molar-refractivity contribution in [3.05, 3.63) is 24.3 Å². The fourth-order valence-electron chi connectivity index (χ4n) is 3.54. The van der Waals surface area contributed by atoms with Crippen LogP contribution in [0.5, 0.6) is 0 Å². The van der Waals surface area contributed by atoms with E-state index < -0.39 is 36.3 Å². The third-order valence-electron chi connectivity index (χ3n) is 4.93. The van der Waals surface area contributed by atoms with Gasteiger partial charge in [0.15, 0.2) is 0 Å². The van der Waals surface area contributed by atoms with Crippen LogP contribution in [0.15, 0.2) is 24.3 Å². The molecule has 10 heteroatoms. The minimum absolute atomic E-state index is 0.0372. The summed E-state index contributed by atoms with van der Waals surface area (Å²) < 4.78 is 5.18. The third-order valence-corrected chi connectivity index (χ3v) is 4.93. The smallest absolute Gasteiger partial charge is 0.334 e. The number of para-hydroxylation sites is 2. The average molecular weight is 416 g/mol. The second-order valence-electron chi connectivity index (χ2n) is 7.06. The zero-order chi connectivity index (χ0) is 21.8. The van der Waals surface area contributed by atoms with Gasteiger partial charge < -0.3 is 15.0 Å². The molecule has 1 fully saturated rings. The maximum atomic E-state index is 13.1.